The number of methoxy groups -OCH3 is 2. The first kappa shape index (κ1) is 13.5. The Hall–Kier alpha value is -2.53. The van der Waals surface area contributed by atoms with Crippen LogP contribution in [0.3, 0.4) is 0 Å². The third kappa shape index (κ3) is 2.32. The van der Waals surface area contributed by atoms with Crippen LogP contribution >= 0.6 is 0 Å². The number of rotatable bonds is 4. The predicted octanol–water partition coefficient (Wildman–Crippen LogP) is 2.51. The molecule has 5 nitrogen and oxygen atoms in total. The SMILES string of the molecule is COc1ccc(OC)c(-c2cn3cccc(CO)c3n2)c1. The third-order valence-electron chi connectivity index (χ3n) is 3.42. The second kappa shape index (κ2) is 5.46. The molecule has 108 valence electrons. The Morgan fingerprint density at radius 3 is 2.76 bits per heavy atom. The van der Waals surface area contributed by atoms with Crippen molar-refractivity contribution in [3.05, 3.63) is 48.3 Å². The Labute approximate surface area is 122 Å². The number of aliphatic hydroxyl groups is 1. The van der Waals surface area contributed by atoms with E-state index in [1.807, 2.05) is 47.1 Å². The molecule has 0 radical (unpaired) electrons. The van der Waals surface area contributed by atoms with Gasteiger partial charge >= 0.3 is 0 Å². The number of benzene rings is 1. The first-order valence-electron chi connectivity index (χ1n) is 6.56. The van der Waals surface area contributed by atoms with E-state index in [0.717, 1.165) is 34.0 Å². The van der Waals surface area contributed by atoms with Gasteiger partial charge in [-0.3, -0.25) is 0 Å². The zero-order valence-corrected chi connectivity index (χ0v) is 11.9. The zero-order chi connectivity index (χ0) is 14.8. The summed E-state index contributed by atoms with van der Waals surface area (Å²) in [5, 5.41) is 9.40. The fourth-order valence-corrected chi connectivity index (χ4v) is 2.34. The van der Waals surface area contributed by atoms with E-state index >= 15 is 0 Å². The predicted molar refractivity (Wildman–Crippen MR) is 79.7 cm³/mol. The number of nitrogens with zero attached hydrogens (tertiary/aromatic N) is 2. The summed E-state index contributed by atoms with van der Waals surface area (Å²) in [7, 11) is 3.25. The maximum absolute atomic E-state index is 9.40. The molecule has 0 atom stereocenters. The molecule has 1 aromatic carbocycles. The van der Waals surface area contributed by atoms with Crippen LogP contribution < -0.4 is 9.47 Å². The number of ether oxygens (including phenoxy) is 2. The van der Waals surface area contributed by atoms with E-state index in [-0.39, 0.29) is 6.61 Å². The van der Waals surface area contributed by atoms with Crippen molar-refractivity contribution in [1.29, 1.82) is 0 Å². The van der Waals surface area contributed by atoms with Gasteiger partial charge in [0.05, 0.1) is 26.5 Å². The zero-order valence-electron chi connectivity index (χ0n) is 11.9. The molecule has 3 aromatic rings. The first-order valence-corrected chi connectivity index (χ1v) is 6.56. The molecule has 1 N–H and O–H groups in total. The smallest absolute Gasteiger partial charge is 0.142 e. The number of imidazole rings is 1. The van der Waals surface area contributed by atoms with Crippen LogP contribution in [0.2, 0.25) is 0 Å². The van der Waals surface area contributed by atoms with Gasteiger partial charge < -0.3 is 19.0 Å². The minimum absolute atomic E-state index is 0.0456. The number of hydrogen-bond donors (Lipinski definition) is 1. The van der Waals surface area contributed by atoms with Gasteiger partial charge in [-0.1, -0.05) is 6.07 Å². The van der Waals surface area contributed by atoms with E-state index in [1.54, 1.807) is 14.2 Å². The van der Waals surface area contributed by atoms with Gasteiger partial charge in [-0.05, 0) is 24.3 Å². The third-order valence-corrected chi connectivity index (χ3v) is 3.42. The van der Waals surface area contributed by atoms with Gasteiger partial charge in [0.1, 0.15) is 17.1 Å². The Balaban J connectivity index is 2.20. The summed E-state index contributed by atoms with van der Waals surface area (Å²) in [5.74, 6) is 1.47. The van der Waals surface area contributed by atoms with Crippen LogP contribution in [0.4, 0.5) is 0 Å². The van der Waals surface area contributed by atoms with Gasteiger partial charge in [-0.25, -0.2) is 4.98 Å². The Morgan fingerprint density at radius 2 is 2.05 bits per heavy atom. The highest BCUT2D eigenvalue weighted by molar-refractivity contribution is 5.71. The highest BCUT2D eigenvalue weighted by Crippen LogP contribution is 2.33. The van der Waals surface area contributed by atoms with E-state index in [1.165, 1.54) is 0 Å². The molecule has 0 aliphatic heterocycles. The summed E-state index contributed by atoms with van der Waals surface area (Å²) in [6.07, 6.45) is 3.81. The van der Waals surface area contributed by atoms with E-state index in [2.05, 4.69) is 4.98 Å². The van der Waals surface area contributed by atoms with Crippen LogP contribution in [0.5, 0.6) is 11.5 Å². The molecule has 0 unspecified atom stereocenters. The number of aromatic nitrogens is 2. The fraction of sp³-hybridized carbons (Fsp3) is 0.188. The lowest BCUT2D eigenvalue weighted by molar-refractivity contribution is 0.282. The molecule has 0 bridgehead atoms. The average Bonchev–Trinajstić information content (AvgIpc) is 2.98. The first-order chi connectivity index (χ1) is 10.3. The van der Waals surface area contributed by atoms with Crippen LogP contribution in [-0.2, 0) is 6.61 Å². The highest BCUT2D eigenvalue weighted by atomic mass is 16.5. The standard InChI is InChI=1S/C16H16N2O3/c1-20-12-5-6-15(21-2)13(8-12)14-9-18-7-3-4-11(10-19)16(18)17-14/h3-9,19H,10H2,1-2H3. The number of aliphatic hydroxyl groups excluding tert-OH is 1. The van der Waals surface area contributed by atoms with Crippen molar-refractivity contribution in [2.24, 2.45) is 0 Å². The molecule has 0 spiro atoms. The molecule has 0 aliphatic carbocycles. The van der Waals surface area contributed by atoms with Crippen LogP contribution in [0.15, 0.2) is 42.7 Å². The minimum Gasteiger partial charge on any atom is -0.497 e. The van der Waals surface area contributed by atoms with E-state index in [9.17, 15) is 5.11 Å². The lowest BCUT2D eigenvalue weighted by Gasteiger charge is -2.08. The van der Waals surface area contributed by atoms with Crippen LogP contribution in [0, 0.1) is 0 Å². The number of fused-ring (bicyclic) bond motifs is 1. The van der Waals surface area contributed by atoms with Crippen molar-refractivity contribution in [1.82, 2.24) is 9.38 Å². The monoisotopic (exact) mass is 284 g/mol. The van der Waals surface area contributed by atoms with Gasteiger partial charge in [0.25, 0.3) is 0 Å². The number of hydrogen-bond acceptors (Lipinski definition) is 4. The largest absolute Gasteiger partial charge is 0.497 e. The molecule has 0 saturated carbocycles. The van der Waals surface area contributed by atoms with Crippen LogP contribution in [0.25, 0.3) is 16.9 Å². The maximum Gasteiger partial charge on any atom is 0.142 e. The topological polar surface area (TPSA) is 56.0 Å². The molecule has 5 heteroatoms. The Kier molecular flexibility index (Phi) is 3.50. The second-order valence-corrected chi connectivity index (χ2v) is 4.61. The van der Waals surface area contributed by atoms with E-state index < -0.39 is 0 Å². The van der Waals surface area contributed by atoms with E-state index in [0.29, 0.717) is 0 Å². The molecule has 2 aromatic heterocycles. The molecule has 0 aliphatic rings. The second-order valence-electron chi connectivity index (χ2n) is 4.61. The Bertz CT molecular complexity index is 780. The molecular formula is C16H16N2O3. The van der Waals surface area contributed by atoms with Crippen molar-refractivity contribution in [2.45, 2.75) is 6.61 Å². The lowest BCUT2D eigenvalue weighted by Crippen LogP contribution is -1.91. The molecule has 21 heavy (non-hydrogen) atoms. The summed E-state index contributed by atoms with van der Waals surface area (Å²) in [4.78, 5) is 4.61. The fourth-order valence-electron chi connectivity index (χ4n) is 2.34. The minimum atomic E-state index is -0.0456. The van der Waals surface area contributed by atoms with Gasteiger partial charge in [0, 0.05) is 23.5 Å². The maximum atomic E-state index is 9.40. The van der Waals surface area contributed by atoms with Crippen molar-refractivity contribution in [3.63, 3.8) is 0 Å². The van der Waals surface area contributed by atoms with Crippen LogP contribution in [-0.4, -0.2) is 28.7 Å². The summed E-state index contributed by atoms with van der Waals surface area (Å²) in [6, 6.07) is 9.32. The molecule has 2 heterocycles. The number of pyridine rings is 1. The summed E-state index contributed by atoms with van der Waals surface area (Å²) < 4.78 is 12.6. The summed E-state index contributed by atoms with van der Waals surface area (Å²) in [6.45, 7) is -0.0456. The van der Waals surface area contributed by atoms with Gasteiger partial charge in [-0.15, -0.1) is 0 Å². The molecular weight excluding hydrogens is 268 g/mol. The molecule has 0 fully saturated rings. The lowest BCUT2D eigenvalue weighted by atomic mass is 10.1. The summed E-state index contributed by atoms with van der Waals surface area (Å²) >= 11 is 0. The van der Waals surface area contributed by atoms with Crippen molar-refractivity contribution < 1.29 is 14.6 Å². The van der Waals surface area contributed by atoms with Gasteiger partial charge in [0.2, 0.25) is 0 Å². The summed E-state index contributed by atoms with van der Waals surface area (Å²) in [5.41, 5.74) is 3.14. The van der Waals surface area contributed by atoms with Crippen molar-refractivity contribution in [2.75, 3.05) is 14.2 Å². The molecule has 0 saturated heterocycles. The van der Waals surface area contributed by atoms with Crippen molar-refractivity contribution >= 4 is 5.65 Å². The molecule has 0 amide bonds. The van der Waals surface area contributed by atoms with E-state index in [4.69, 9.17) is 9.47 Å². The highest BCUT2D eigenvalue weighted by Gasteiger charge is 2.13. The normalized spacial score (nSPS) is 10.8. The van der Waals surface area contributed by atoms with Gasteiger partial charge in [0.15, 0.2) is 0 Å². The average molecular weight is 284 g/mol. The quantitative estimate of drug-likeness (QED) is 0.800. The van der Waals surface area contributed by atoms with Gasteiger partial charge in [-0.2, -0.15) is 0 Å². The Morgan fingerprint density at radius 1 is 1.19 bits per heavy atom. The van der Waals surface area contributed by atoms with Crippen LogP contribution in [0.1, 0.15) is 5.56 Å². The molecule has 3 rings (SSSR count). The van der Waals surface area contributed by atoms with Crippen molar-refractivity contribution in [3.8, 4) is 22.8 Å².